The van der Waals surface area contributed by atoms with Crippen molar-refractivity contribution in [2.45, 2.75) is 46.3 Å². The van der Waals surface area contributed by atoms with Crippen LogP contribution in [0.25, 0.3) is 0 Å². The van der Waals surface area contributed by atoms with E-state index in [9.17, 15) is 5.11 Å². The molecule has 28 heavy (non-hydrogen) atoms. The number of hydrogen-bond acceptors (Lipinski definition) is 5. The van der Waals surface area contributed by atoms with Gasteiger partial charge in [0.15, 0.2) is 5.96 Å². The van der Waals surface area contributed by atoms with E-state index in [1.807, 2.05) is 38.2 Å². The molecule has 0 amide bonds. The van der Waals surface area contributed by atoms with E-state index in [1.54, 1.807) is 6.92 Å². The Labute approximate surface area is 171 Å². The molecular weight excluding hydrogens is 372 g/mol. The van der Waals surface area contributed by atoms with Crippen LogP contribution >= 0.6 is 11.3 Å². The number of aryl methyl sites for hydroxylation is 2. The lowest BCUT2D eigenvalue weighted by atomic mass is 9.96. The zero-order valence-electron chi connectivity index (χ0n) is 17.3. The molecule has 2 aromatic rings. The van der Waals surface area contributed by atoms with Gasteiger partial charge in [-0.2, -0.15) is 0 Å². The first-order chi connectivity index (χ1) is 13.4. The molecule has 1 aliphatic heterocycles. The average Bonchev–Trinajstić information content (AvgIpc) is 3.25. The smallest absolute Gasteiger partial charge is 0.191 e. The fourth-order valence-corrected chi connectivity index (χ4v) is 4.55. The maximum atomic E-state index is 10.9. The number of furan rings is 1. The van der Waals surface area contributed by atoms with Crippen molar-refractivity contribution in [2.24, 2.45) is 4.99 Å². The number of rotatable bonds is 7. The third-order valence-electron chi connectivity index (χ3n) is 5.12. The number of fused-ring (bicyclic) bond motifs is 1. The van der Waals surface area contributed by atoms with Crippen LogP contribution in [0.15, 0.2) is 26.9 Å². The van der Waals surface area contributed by atoms with Gasteiger partial charge >= 0.3 is 0 Å². The Kier molecular flexibility index (Phi) is 6.80. The molecule has 0 bridgehead atoms. The van der Waals surface area contributed by atoms with Crippen LogP contribution in [-0.4, -0.2) is 48.7 Å². The highest BCUT2D eigenvalue weighted by atomic mass is 32.1. The lowest BCUT2D eigenvalue weighted by Gasteiger charge is -2.27. The molecule has 1 atom stereocenters. The van der Waals surface area contributed by atoms with E-state index in [0.29, 0.717) is 0 Å². The Hall–Kier alpha value is -1.83. The highest BCUT2D eigenvalue weighted by molar-refractivity contribution is 7.10. The summed E-state index contributed by atoms with van der Waals surface area (Å²) in [7, 11) is 0. The molecule has 0 spiro atoms. The minimum atomic E-state index is -1.06. The predicted molar refractivity (Wildman–Crippen MR) is 115 cm³/mol. The van der Waals surface area contributed by atoms with Crippen LogP contribution < -0.4 is 10.6 Å². The van der Waals surface area contributed by atoms with E-state index in [2.05, 4.69) is 32.0 Å². The average molecular weight is 405 g/mol. The molecule has 6 nitrogen and oxygen atoms in total. The van der Waals surface area contributed by atoms with E-state index in [-0.39, 0.29) is 6.54 Å². The number of hydrogen-bond donors (Lipinski definition) is 3. The summed E-state index contributed by atoms with van der Waals surface area (Å²) < 4.78 is 5.56. The van der Waals surface area contributed by atoms with E-state index in [4.69, 9.17) is 4.42 Å². The van der Waals surface area contributed by atoms with Crippen molar-refractivity contribution in [1.29, 1.82) is 0 Å². The van der Waals surface area contributed by atoms with Crippen LogP contribution in [-0.2, 0) is 18.6 Å². The van der Waals surface area contributed by atoms with Crippen molar-refractivity contribution in [3.63, 3.8) is 0 Å². The van der Waals surface area contributed by atoms with Gasteiger partial charge in [-0.1, -0.05) is 0 Å². The number of nitrogens with one attached hydrogen (secondary N) is 2. The molecule has 3 heterocycles. The van der Waals surface area contributed by atoms with Gasteiger partial charge in [0.1, 0.15) is 17.1 Å². The van der Waals surface area contributed by atoms with Gasteiger partial charge < -0.3 is 20.2 Å². The summed E-state index contributed by atoms with van der Waals surface area (Å²) >= 11 is 1.87. The second-order valence-electron chi connectivity index (χ2n) is 7.62. The number of nitrogens with zero attached hydrogens (tertiary/aromatic N) is 2. The SMILES string of the molecule is CCNC(=NCC(C)(O)c1cc(C)oc1C)NCCN1CCc2sccc2C1. The van der Waals surface area contributed by atoms with E-state index >= 15 is 0 Å². The minimum Gasteiger partial charge on any atom is -0.466 e. The minimum absolute atomic E-state index is 0.268. The van der Waals surface area contributed by atoms with Crippen molar-refractivity contribution in [3.8, 4) is 0 Å². The molecule has 1 unspecified atom stereocenters. The molecular formula is C21H32N4O2S. The molecule has 0 radical (unpaired) electrons. The largest absolute Gasteiger partial charge is 0.466 e. The van der Waals surface area contributed by atoms with Crippen LogP contribution in [0.1, 0.15) is 41.4 Å². The van der Waals surface area contributed by atoms with E-state index in [1.165, 1.54) is 10.4 Å². The molecule has 0 fully saturated rings. The molecule has 3 N–H and O–H groups in total. The van der Waals surface area contributed by atoms with Crippen LogP contribution in [0, 0.1) is 13.8 Å². The lowest BCUT2D eigenvalue weighted by molar-refractivity contribution is 0.0657. The molecule has 0 saturated carbocycles. The van der Waals surface area contributed by atoms with Gasteiger partial charge in [-0.15, -0.1) is 11.3 Å². The van der Waals surface area contributed by atoms with Crippen molar-refractivity contribution in [1.82, 2.24) is 15.5 Å². The topological polar surface area (TPSA) is 73.0 Å². The Bertz CT molecular complexity index is 809. The van der Waals surface area contributed by atoms with Gasteiger partial charge in [0.2, 0.25) is 0 Å². The first kappa shape index (κ1) is 20.9. The molecule has 0 aliphatic carbocycles. The van der Waals surface area contributed by atoms with Gasteiger partial charge in [-0.05, 0) is 57.2 Å². The number of aliphatic hydroxyl groups is 1. The van der Waals surface area contributed by atoms with Gasteiger partial charge in [-0.25, -0.2) is 4.99 Å². The zero-order chi connectivity index (χ0) is 20.1. The van der Waals surface area contributed by atoms with Crippen LogP contribution in [0.4, 0.5) is 0 Å². The van der Waals surface area contributed by atoms with E-state index in [0.717, 1.165) is 62.2 Å². The third-order valence-corrected chi connectivity index (χ3v) is 6.14. The number of guanidine groups is 1. The summed E-state index contributed by atoms with van der Waals surface area (Å²) in [6.07, 6.45) is 1.15. The summed E-state index contributed by atoms with van der Waals surface area (Å²) in [6.45, 7) is 12.6. The van der Waals surface area contributed by atoms with E-state index < -0.39 is 5.60 Å². The third kappa shape index (κ3) is 5.16. The van der Waals surface area contributed by atoms with Crippen molar-refractivity contribution < 1.29 is 9.52 Å². The first-order valence-corrected chi connectivity index (χ1v) is 10.9. The maximum Gasteiger partial charge on any atom is 0.191 e. The zero-order valence-corrected chi connectivity index (χ0v) is 18.2. The first-order valence-electron chi connectivity index (χ1n) is 9.98. The molecule has 0 aromatic carbocycles. The number of aliphatic imine (C=N–C) groups is 1. The van der Waals surface area contributed by atoms with Gasteiger partial charge in [0.05, 0.1) is 6.54 Å². The van der Waals surface area contributed by atoms with Gasteiger partial charge in [0.25, 0.3) is 0 Å². The van der Waals surface area contributed by atoms with Crippen molar-refractivity contribution >= 4 is 17.3 Å². The highest BCUT2D eigenvalue weighted by Crippen LogP contribution is 2.27. The second-order valence-corrected chi connectivity index (χ2v) is 8.62. The second kappa shape index (κ2) is 9.11. The monoisotopic (exact) mass is 404 g/mol. The Morgan fingerprint density at radius 3 is 2.93 bits per heavy atom. The Morgan fingerprint density at radius 1 is 1.39 bits per heavy atom. The Balaban J connectivity index is 1.53. The summed E-state index contributed by atoms with van der Waals surface area (Å²) in [6, 6.07) is 4.13. The predicted octanol–water partition coefficient (Wildman–Crippen LogP) is 2.78. The van der Waals surface area contributed by atoms with Gasteiger partial charge in [0, 0.05) is 43.2 Å². The quantitative estimate of drug-likeness (QED) is 0.489. The molecule has 7 heteroatoms. The Morgan fingerprint density at radius 2 is 2.21 bits per heavy atom. The molecule has 1 aliphatic rings. The van der Waals surface area contributed by atoms with Crippen molar-refractivity contribution in [3.05, 3.63) is 45.0 Å². The van der Waals surface area contributed by atoms with Crippen molar-refractivity contribution in [2.75, 3.05) is 32.7 Å². The lowest BCUT2D eigenvalue weighted by Crippen LogP contribution is -2.43. The normalized spacial score (nSPS) is 17.2. The van der Waals surface area contributed by atoms with Crippen LogP contribution in [0.3, 0.4) is 0 Å². The standard InChI is InChI=1S/C21H32N4O2S/c1-5-22-20(24-14-21(4,26)18-12-15(2)27-16(18)3)23-8-10-25-9-6-19-17(13-25)7-11-28-19/h7,11-12,26H,5-6,8-10,13-14H2,1-4H3,(H2,22,23,24). The van der Waals surface area contributed by atoms with Crippen LogP contribution in [0.2, 0.25) is 0 Å². The highest BCUT2D eigenvalue weighted by Gasteiger charge is 2.27. The summed E-state index contributed by atoms with van der Waals surface area (Å²) in [5, 5.41) is 19.7. The fraction of sp³-hybridized carbons (Fsp3) is 0.571. The van der Waals surface area contributed by atoms with Gasteiger partial charge in [-0.3, -0.25) is 4.90 Å². The molecule has 2 aromatic heterocycles. The maximum absolute atomic E-state index is 10.9. The van der Waals surface area contributed by atoms with Crippen LogP contribution in [0.5, 0.6) is 0 Å². The summed E-state index contributed by atoms with van der Waals surface area (Å²) in [5.74, 6) is 2.28. The molecule has 154 valence electrons. The fourth-order valence-electron chi connectivity index (χ4n) is 3.66. The molecule has 0 saturated heterocycles. The summed E-state index contributed by atoms with van der Waals surface area (Å²) in [5.41, 5.74) is 1.20. The number of thiophene rings is 1. The summed E-state index contributed by atoms with van der Waals surface area (Å²) in [4.78, 5) is 8.61. The molecule has 3 rings (SSSR count).